The summed E-state index contributed by atoms with van der Waals surface area (Å²) in [5.41, 5.74) is 0.206. The molecule has 7 heteroatoms. The monoisotopic (exact) mass is 275 g/mol. The molecule has 96 valence electrons. The Balaban J connectivity index is 2.70. The first-order valence-electron chi connectivity index (χ1n) is 5.20. The van der Waals surface area contributed by atoms with Crippen LogP contribution >= 0.6 is 11.6 Å². The van der Waals surface area contributed by atoms with E-state index in [0.717, 1.165) is 0 Å². The van der Waals surface area contributed by atoms with Crippen LogP contribution in [0.25, 0.3) is 10.9 Å². The van der Waals surface area contributed by atoms with Gasteiger partial charge in [0.1, 0.15) is 5.82 Å². The molecule has 0 aliphatic carbocycles. The first-order valence-corrected chi connectivity index (χ1v) is 5.58. The number of nitrogens with one attached hydrogen (secondary N) is 1. The molecule has 0 radical (unpaired) electrons. The number of fused-ring (bicyclic) bond motifs is 1. The predicted octanol–water partition coefficient (Wildman–Crippen LogP) is 3.73. The van der Waals surface area contributed by atoms with E-state index in [4.69, 9.17) is 11.6 Å². The smallest absolute Gasteiger partial charge is 0.370 e. The number of alkyl halides is 3. The molecule has 0 aliphatic heterocycles. The normalized spacial score (nSPS) is 11.8. The Hall–Kier alpha value is -1.56. The summed E-state index contributed by atoms with van der Waals surface area (Å²) in [6.07, 6.45) is -4.57. The molecule has 0 atom stereocenters. The van der Waals surface area contributed by atoms with Gasteiger partial charge < -0.3 is 5.32 Å². The number of nitrogens with zero attached hydrogens (tertiary/aromatic N) is 2. The molecule has 0 fully saturated rings. The van der Waals surface area contributed by atoms with Crippen LogP contribution < -0.4 is 5.32 Å². The lowest BCUT2D eigenvalue weighted by atomic mass is 10.2. The second-order valence-corrected chi connectivity index (χ2v) is 4.02. The van der Waals surface area contributed by atoms with E-state index < -0.39 is 12.0 Å². The fourth-order valence-electron chi connectivity index (χ4n) is 1.53. The number of hydrogen-bond donors (Lipinski definition) is 1. The van der Waals surface area contributed by atoms with Gasteiger partial charge in [-0.2, -0.15) is 13.2 Å². The Kier molecular flexibility index (Phi) is 3.30. The molecule has 0 saturated heterocycles. The van der Waals surface area contributed by atoms with E-state index in [1.54, 1.807) is 6.92 Å². The predicted molar refractivity (Wildman–Crippen MR) is 63.7 cm³/mol. The number of benzene rings is 1. The summed E-state index contributed by atoms with van der Waals surface area (Å²) in [4.78, 5) is 6.99. The summed E-state index contributed by atoms with van der Waals surface area (Å²) in [6, 6.07) is 4.47. The molecule has 1 N–H and O–H groups in total. The fraction of sp³-hybridized carbons (Fsp3) is 0.273. The highest BCUT2D eigenvalue weighted by atomic mass is 35.5. The minimum absolute atomic E-state index is 0.136. The molecular formula is C11H9ClF3N3. The minimum Gasteiger partial charge on any atom is -0.370 e. The molecule has 18 heavy (non-hydrogen) atoms. The third-order valence-corrected chi connectivity index (χ3v) is 2.49. The van der Waals surface area contributed by atoms with Crippen molar-refractivity contribution < 1.29 is 13.2 Å². The second kappa shape index (κ2) is 4.61. The van der Waals surface area contributed by atoms with Crippen LogP contribution in [0.3, 0.4) is 0 Å². The van der Waals surface area contributed by atoms with Crippen molar-refractivity contribution >= 4 is 28.3 Å². The summed E-state index contributed by atoms with van der Waals surface area (Å²) in [7, 11) is 0. The highest BCUT2D eigenvalue weighted by molar-refractivity contribution is 6.31. The highest BCUT2D eigenvalue weighted by Crippen LogP contribution is 2.31. The molecule has 0 spiro atoms. The quantitative estimate of drug-likeness (QED) is 0.907. The van der Waals surface area contributed by atoms with Crippen molar-refractivity contribution in [3.05, 3.63) is 29.0 Å². The van der Waals surface area contributed by atoms with Gasteiger partial charge >= 0.3 is 6.18 Å². The van der Waals surface area contributed by atoms with Gasteiger partial charge in [0.25, 0.3) is 0 Å². The molecule has 0 bridgehead atoms. The van der Waals surface area contributed by atoms with E-state index in [2.05, 4.69) is 15.3 Å². The number of rotatable bonds is 2. The Morgan fingerprint density at radius 3 is 2.61 bits per heavy atom. The van der Waals surface area contributed by atoms with Gasteiger partial charge in [-0.15, -0.1) is 0 Å². The number of aromatic nitrogens is 2. The van der Waals surface area contributed by atoms with Gasteiger partial charge in [-0.1, -0.05) is 11.6 Å². The Morgan fingerprint density at radius 1 is 1.28 bits per heavy atom. The SMILES string of the molecule is CCNc1nc(C(F)(F)F)nc2ccc(Cl)cc12. The lowest BCUT2D eigenvalue weighted by molar-refractivity contribution is -0.144. The minimum atomic E-state index is -4.57. The maximum atomic E-state index is 12.6. The zero-order valence-corrected chi connectivity index (χ0v) is 10.1. The molecule has 0 unspecified atom stereocenters. The number of anilines is 1. The molecule has 1 aromatic heterocycles. The average Bonchev–Trinajstić information content (AvgIpc) is 2.28. The van der Waals surface area contributed by atoms with Crippen molar-refractivity contribution in [3.63, 3.8) is 0 Å². The maximum absolute atomic E-state index is 12.6. The van der Waals surface area contributed by atoms with Gasteiger partial charge in [0, 0.05) is 17.0 Å². The second-order valence-electron chi connectivity index (χ2n) is 3.59. The molecule has 1 aromatic carbocycles. The van der Waals surface area contributed by atoms with Gasteiger partial charge in [-0.05, 0) is 25.1 Å². The molecule has 0 aliphatic rings. The van der Waals surface area contributed by atoms with E-state index in [1.807, 2.05) is 0 Å². The van der Waals surface area contributed by atoms with Gasteiger partial charge in [0.15, 0.2) is 0 Å². The third kappa shape index (κ3) is 2.48. The van der Waals surface area contributed by atoms with Crippen LogP contribution in [0.2, 0.25) is 5.02 Å². The van der Waals surface area contributed by atoms with Crippen molar-refractivity contribution in [2.75, 3.05) is 11.9 Å². The molecular weight excluding hydrogens is 267 g/mol. The molecule has 2 rings (SSSR count). The average molecular weight is 276 g/mol. The zero-order chi connectivity index (χ0) is 13.3. The maximum Gasteiger partial charge on any atom is 0.451 e. The molecule has 1 heterocycles. The zero-order valence-electron chi connectivity index (χ0n) is 9.35. The molecule has 2 aromatic rings. The third-order valence-electron chi connectivity index (χ3n) is 2.26. The van der Waals surface area contributed by atoms with Crippen LogP contribution in [0.15, 0.2) is 18.2 Å². The summed E-state index contributed by atoms with van der Waals surface area (Å²) < 4.78 is 37.9. The number of halogens is 4. The lowest BCUT2D eigenvalue weighted by Crippen LogP contribution is -2.13. The van der Waals surface area contributed by atoms with Crippen LogP contribution in [0.5, 0.6) is 0 Å². The lowest BCUT2D eigenvalue weighted by Gasteiger charge is -2.11. The molecule has 3 nitrogen and oxygen atoms in total. The van der Waals surface area contributed by atoms with Crippen molar-refractivity contribution in [3.8, 4) is 0 Å². The van der Waals surface area contributed by atoms with Gasteiger partial charge in [-0.3, -0.25) is 0 Å². The first kappa shape index (κ1) is 12.9. The van der Waals surface area contributed by atoms with Crippen LogP contribution in [0.1, 0.15) is 12.7 Å². The summed E-state index contributed by atoms with van der Waals surface area (Å²) in [6.45, 7) is 2.22. The van der Waals surface area contributed by atoms with Gasteiger partial charge in [0.05, 0.1) is 5.52 Å². The van der Waals surface area contributed by atoms with Crippen molar-refractivity contribution in [1.29, 1.82) is 0 Å². The van der Waals surface area contributed by atoms with Crippen LogP contribution in [0.4, 0.5) is 19.0 Å². The highest BCUT2D eigenvalue weighted by Gasteiger charge is 2.35. The summed E-state index contributed by atoms with van der Waals surface area (Å²) in [5, 5.41) is 3.67. The summed E-state index contributed by atoms with van der Waals surface area (Å²) in [5.74, 6) is -1.02. The van der Waals surface area contributed by atoms with E-state index >= 15 is 0 Å². The van der Waals surface area contributed by atoms with Gasteiger partial charge in [-0.25, -0.2) is 9.97 Å². The van der Waals surface area contributed by atoms with Gasteiger partial charge in [0.2, 0.25) is 5.82 Å². The largest absolute Gasteiger partial charge is 0.451 e. The molecule has 0 amide bonds. The Labute approximate surface area is 106 Å². The van der Waals surface area contributed by atoms with Crippen molar-refractivity contribution in [1.82, 2.24) is 9.97 Å². The van der Waals surface area contributed by atoms with E-state index in [1.165, 1.54) is 18.2 Å². The van der Waals surface area contributed by atoms with Crippen molar-refractivity contribution in [2.45, 2.75) is 13.1 Å². The fourth-order valence-corrected chi connectivity index (χ4v) is 1.70. The van der Waals surface area contributed by atoms with E-state index in [-0.39, 0.29) is 11.3 Å². The Bertz CT molecular complexity index is 583. The standard InChI is InChI=1S/C11H9ClF3N3/c1-2-16-9-7-5-6(12)3-4-8(7)17-10(18-9)11(13,14)15/h3-5H,2H2,1H3,(H,16,17,18). The van der Waals surface area contributed by atoms with Crippen LogP contribution in [-0.4, -0.2) is 16.5 Å². The Morgan fingerprint density at radius 2 is 2.00 bits per heavy atom. The first-order chi connectivity index (χ1) is 8.41. The van der Waals surface area contributed by atoms with E-state index in [9.17, 15) is 13.2 Å². The molecule has 0 saturated carbocycles. The van der Waals surface area contributed by atoms with Crippen LogP contribution in [0, 0.1) is 0 Å². The summed E-state index contributed by atoms with van der Waals surface area (Å²) >= 11 is 5.81. The van der Waals surface area contributed by atoms with Crippen molar-refractivity contribution in [2.24, 2.45) is 0 Å². The van der Waals surface area contributed by atoms with Crippen LogP contribution in [-0.2, 0) is 6.18 Å². The topological polar surface area (TPSA) is 37.8 Å². The van der Waals surface area contributed by atoms with E-state index in [0.29, 0.717) is 17.0 Å². The number of hydrogen-bond acceptors (Lipinski definition) is 3.